The molecular weight excluding hydrogens is 433 g/mol. The molecule has 2 aromatic rings. The van der Waals surface area contributed by atoms with Crippen LogP contribution in [0.25, 0.3) is 0 Å². The van der Waals surface area contributed by atoms with Crippen molar-refractivity contribution in [3.8, 4) is 0 Å². The fraction of sp³-hybridized carbons (Fsp3) is 0.364. The summed E-state index contributed by atoms with van der Waals surface area (Å²) in [4.78, 5) is 42.9. The zero-order valence-corrected chi connectivity index (χ0v) is 18.4. The van der Waals surface area contributed by atoms with Crippen molar-refractivity contribution in [2.45, 2.75) is 26.4 Å². The first-order valence-electron chi connectivity index (χ1n) is 10.4. The summed E-state index contributed by atoms with van der Waals surface area (Å²) in [5.41, 5.74) is 1.57. The maximum atomic E-state index is 15.1. The van der Waals surface area contributed by atoms with Crippen molar-refractivity contribution >= 4 is 29.5 Å². The van der Waals surface area contributed by atoms with Crippen molar-refractivity contribution in [2.24, 2.45) is 0 Å². The van der Waals surface area contributed by atoms with Crippen LogP contribution < -0.4 is 10.6 Å². The molecule has 11 heteroatoms. The summed E-state index contributed by atoms with van der Waals surface area (Å²) < 4.78 is 20.1. The van der Waals surface area contributed by atoms with E-state index in [1.807, 2.05) is 6.92 Å². The third-order valence-electron chi connectivity index (χ3n) is 5.16. The molecule has 3 N–H and O–H groups in total. The third kappa shape index (κ3) is 6.16. The monoisotopic (exact) mass is 459 g/mol. The number of rotatable bonds is 6. The van der Waals surface area contributed by atoms with Crippen LogP contribution in [0, 0.1) is 12.7 Å². The van der Waals surface area contributed by atoms with E-state index < -0.39 is 30.0 Å². The van der Waals surface area contributed by atoms with Gasteiger partial charge in [-0.2, -0.15) is 0 Å². The Morgan fingerprint density at radius 1 is 1.21 bits per heavy atom. The first-order valence-corrected chi connectivity index (χ1v) is 10.4. The minimum absolute atomic E-state index is 0.00353. The minimum Gasteiger partial charge on any atom is -0.465 e. The maximum absolute atomic E-state index is 15.1. The molecule has 1 fully saturated rings. The molecule has 1 atom stereocenters. The van der Waals surface area contributed by atoms with E-state index in [-0.39, 0.29) is 31.9 Å². The molecule has 0 saturated carbocycles. The quantitative estimate of drug-likeness (QED) is 0.568. The SMILES string of the molecule is CCOC(=O)[C@@H]1CN(Cc2cccc(NC(=O)Nc3ccc(C)nc3)c2F)CCN1C(=O)O. The number of urea groups is 1. The molecule has 176 valence electrons. The highest BCUT2D eigenvalue weighted by molar-refractivity contribution is 5.99. The molecule has 2 heterocycles. The molecule has 10 nitrogen and oxygen atoms in total. The standard InChI is InChI=1S/C22H26FN5O5/c1-3-33-20(29)18-13-27(9-10-28(18)22(31)32)12-15-5-4-6-17(19(15)23)26-21(30)25-16-8-7-14(2)24-11-16/h4-8,11,18H,3,9-10,12-13H2,1-2H3,(H,31,32)(H2,25,26,30)/t18-/m0/s1. The molecule has 3 rings (SSSR count). The molecule has 1 aromatic carbocycles. The first kappa shape index (κ1) is 23.9. The van der Waals surface area contributed by atoms with Gasteiger partial charge in [0.1, 0.15) is 6.04 Å². The Morgan fingerprint density at radius 2 is 2.00 bits per heavy atom. The van der Waals surface area contributed by atoms with Gasteiger partial charge in [-0.3, -0.25) is 14.8 Å². The number of esters is 1. The highest BCUT2D eigenvalue weighted by Crippen LogP contribution is 2.22. The number of amides is 3. The van der Waals surface area contributed by atoms with Gasteiger partial charge in [0.2, 0.25) is 0 Å². The van der Waals surface area contributed by atoms with E-state index in [2.05, 4.69) is 15.6 Å². The van der Waals surface area contributed by atoms with Crippen LogP contribution in [0.3, 0.4) is 0 Å². The first-order chi connectivity index (χ1) is 15.8. The van der Waals surface area contributed by atoms with Crippen LogP contribution in [0.2, 0.25) is 0 Å². The van der Waals surface area contributed by atoms with E-state index in [1.54, 1.807) is 36.1 Å². The smallest absolute Gasteiger partial charge is 0.408 e. The van der Waals surface area contributed by atoms with Gasteiger partial charge in [0, 0.05) is 37.4 Å². The van der Waals surface area contributed by atoms with Crippen molar-refractivity contribution in [3.63, 3.8) is 0 Å². The van der Waals surface area contributed by atoms with Gasteiger partial charge in [0.05, 0.1) is 24.2 Å². The lowest BCUT2D eigenvalue weighted by atomic mass is 10.1. The zero-order chi connectivity index (χ0) is 24.0. The molecule has 0 unspecified atom stereocenters. The van der Waals surface area contributed by atoms with Gasteiger partial charge < -0.3 is 20.5 Å². The Balaban J connectivity index is 1.67. The number of aromatic nitrogens is 1. The predicted octanol–water partition coefficient (Wildman–Crippen LogP) is 2.90. The van der Waals surface area contributed by atoms with E-state index in [0.717, 1.165) is 10.6 Å². The lowest BCUT2D eigenvalue weighted by molar-refractivity contribution is -0.151. The second kappa shape index (κ2) is 10.7. The van der Waals surface area contributed by atoms with E-state index in [1.165, 1.54) is 12.3 Å². The normalized spacial score (nSPS) is 16.2. The van der Waals surface area contributed by atoms with Crippen molar-refractivity contribution < 1.29 is 28.6 Å². The number of carbonyl (C=O) groups excluding carboxylic acids is 2. The number of aryl methyl sites for hydroxylation is 1. The summed E-state index contributed by atoms with van der Waals surface area (Å²) in [6, 6.07) is 6.44. The number of piperazine rings is 1. The van der Waals surface area contributed by atoms with Crippen molar-refractivity contribution in [1.82, 2.24) is 14.8 Å². The minimum atomic E-state index is -1.21. The number of anilines is 2. The summed E-state index contributed by atoms with van der Waals surface area (Å²) in [6.07, 6.45) is 0.290. The summed E-state index contributed by atoms with van der Waals surface area (Å²) >= 11 is 0. The number of benzene rings is 1. The lowest BCUT2D eigenvalue weighted by Crippen LogP contribution is -2.58. The molecule has 1 aromatic heterocycles. The maximum Gasteiger partial charge on any atom is 0.408 e. The molecular formula is C22H26FN5O5. The van der Waals surface area contributed by atoms with E-state index in [4.69, 9.17) is 4.74 Å². The topological polar surface area (TPSA) is 124 Å². The van der Waals surface area contributed by atoms with Crippen molar-refractivity contribution in [2.75, 3.05) is 36.9 Å². The van der Waals surface area contributed by atoms with E-state index >= 15 is 4.39 Å². The number of carboxylic acid groups (broad SMARTS) is 1. The van der Waals surface area contributed by atoms with Gasteiger partial charge in [0.25, 0.3) is 0 Å². The fourth-order valence-electron chi connectivity index (χ4n) is 3.52. The van der Waals surface area contributed by atoms with Gasteiger partial charge in [-0.1, -0.05) is 12.1 Å². The Kier molecular flexibility index (Phi) is 7.78. The molecule has 0 spiro atoms. The van der Waals surface area contributed by atoms with Crippen LogP contribution in [0.1, 0.15) is 18.2 Å². The zero-order valence-electron chi connectivity index (χ0n) is 18.4. The number of carbonyl (C=O) groups is 3. The second-order valence-electron chi connectivity index (χ2n) is 7.52. The average molecular weight is 459 g/mol. The molecule has 1 aliphatic rings. The Hall–Kier alpha value is -3.73. The molecule has 1 saturated heterocycles. The van der Waals surface area contributed by atoms with Crippen LogP contribution in [-0.4, -0.2) is 70.3 Å². The van der Waals surface area contributed by atoms with Crippen molar-refractivity contribution in [1.29, 1.82) is 0 Å². The van der Waals surface area contributed by atoms with Crippen LogP contribution in [-0.2, 0) is 16.1 Å². The number of ether oxygens (including phenoxy) is 1. The Labute approximate surface area is 190 Å². The molecule has 0 radical (unpaired) electrons. The molecule has 0 bridgehead atoms. The summed E-state index contributed by atoms with van der Waals surface area (Å²) in [7, 11) is 0. The van der Waals surface area contributed by atoms with Gasteiger partial charge >= 0.3 is 18.1 Å². The summed E-state index contributed by atoms with van der Waals surface area (Å²) in [6.45, 7) is 4.21. The number of nitrogens with zero attached hydrogens (tertiary/aromatic N) is 3. The van der Waals surface area contributed by atoms with E-state index in [0.29, 0.717) is 17.8 Å². The van der Waals surface area contributed by atoms with Crippen LogP contribution in [0.4, 0.5) is 25.4 Å². The summed E-state index contributed by atoms with van der Waals surface area (Å²) in [5, 5.41) is 14.4. The van der Waals surface area contributed by atoms with Gasteiger partial charge in [0.15, 0.2) is 5.82 Å². The lowest BCUT2D eigenvalue weighted by Gasteiger charge is -2.38. The van der Waals surface area contributed by atoms with Crippen LogP contribution >= 0.6 is 0 Å². The van der Waals surface area contributed by atoms with Crippen molar-refractivity contribution in [3.05, 3.63) is 53.6 Å². The van der Waals surface area contributed by atoms with E-state index in [9.17, 15) is 19.5 Å². The molecule has 33 heavy (non-hydrogen) atoms. The number of pyridine rings is 1. The molecule has 1 aliphatic heterocycles. The largest absolute Gasteiger partial charge is 0.465 e. The fourth-order valence-corrected chi connectivity index (χ4v) is 3.52. The predicted molar refractivity (Wildman–Crippen MR) is 118 cm³/mol. The highest BCUT2D eigenvalue weighted by atomic mass is 19.1. The molecule has 3 amide bonds. The highest BCUT2D eigenvalue weighted by Gasteiger charge is 2.36. The van der Waals surface area contributed by atoms with Gasteiger partial charge in [-0.05, 0) is 32.0 Å². The Bertz CT molecular complexity index is 1020. The summed E-state index contributed by atoms with van der Waals surface area (Å²) in [5.74, 6) is -1.24. The number of hydrogen-bond acceptors (Lipinski definition) is 6. The van der Waals surface area contributed by atoms with Gasteiger partial charge in [-0.25, -0.2) is 18.8 Å². The number of nitrogens with one attached hydrogen (secondary N) is 2. The number of hydrogen-bond donors (Lipinski definition) is 3. The molecule has 0 aliphatic carbocycles. The second-order valence-corrected chi connectivity index (χ2v) is 7.52. The van der Waals surface area contributed by atoms with Crippen LogP contribution in [0.15, 0.2) is 36.5 Å². The third-order valence-corrected chi connectivity index (χ3v) is 5.16. The average Bonchev–Trinajstić information content (AvgIpc) is 2.78. The number of halogens is 1. The Morgan fingerprint density at radius 3 is 2.67 bits per heavy atom. The van der Waals surface area contributed by atoms with Gasteiger partial charge in [-0.15, -0.1) is 0 Å². The van der Waals surface area contributed by atoms with Crippen LogP contribution in [0.5, 0.6) is 0 Å².